The van der Waals surface area contributed by atoms with Crippen LogP contribution in [0, 0.1) is 0 Å². The average molecular weight is 511 g/mol. The van der Waals surface area contributed by atoms with E-state index in [2.05, 4.69) is 23.5 Å². The Morgan fingerprint density at radius 3 is 2.59 bits per heavy atom. The maximum Gasteiger partial charge on any atom is 0.251 e. The highest BCUT2D eigenvalue weighted by atomic mass is 35.5. The molecule has 1 atom stereocenters. The fourth-order valence-electron chi connectivity index (χ4n) is 5.27. The van der Waals surface area contributed by atoms with E-state index in [1.54, 1.807) is 4.90 Å². The third-order valence-electron chi connectivity index (χ3n) is 7.25. The Morgan fingerprint density at radius 1 is 1.00 bits per heavy atom. The summed E-state index contributed by atoms with van der Waals surface area (Å²) < 4.78 is 1.88. The molecule has 0 radical (unpaired) electrons. The van der Waals surface area contributed by atoms with E-state index in [9.17, 15) is 9.59 Å². The van der Waals surface area contributed by atoms with Crippen LogP contribution in [0.3, 0.4) is 0 Å². The highest BCUT2D eigenvalue weighted by Gasteiger charge is 2.27. The van der Waals surface area contributed by atoms with Crippen molar-refractivity contribution in [1.82, 2.24) is 15.1 Å². The molecule has 0 saturated carbocycles. The number of aromatic nitrogens is 2. The topological polar surface area (TPSA) is 67.2 Å². The van der Waals surface area contributed by atoms with Gasteiger partial charge in [0, 0.05) is 28.6 Å². The summed E-state index contributed by atoms with van der Waals surface area (Å²) in [4.78, 5) is 27.6. The van der Waals surface area contributed by atoms with Crippen LogP contribution in [-0.4, -0.2) is 21.6 Å². The minimum atomic E-state index is -0.0759. The Bertz CT molecular complexity index is 1460. The summed E-state index contributed by atoms with van der Waals surface area (Å²) in [7, 11) is 0. The number of anilines is 1. The van der Waals surface area contributed by atoms with Gasteiger partial charge in [0.1, 0.15) is 5.82 Å². The molecule has 2 aliphatic rings. The van der Waals surface area contributed by atoms with Crippen LogP contribution in [0.2, 0.25) is 5.02 Å². The summed E-state index contributed by atoms with van der Waals surface area (Å²) in [5.74, 6) is 0.764. The van der Waals surface area contributed by atoms with E-state index in [1.165, 1.54) is 11.1 Å². The van der Waals surface area contributed by atoms with Crippen molar-refractivity contribution in [3.8, 4) is 11.3 Å². The molecule has 2 amide bonds. The normalized spacial score (nSPS) is 16.7. The molecule has 4 aromatic rings. The van der Waals surface area contributed by atoms with Gasteiger partial charge in [-0.15, -0.1) is 0 Å². The first kappa shape index (κ1) is 23.5. The number of hydrogen-bond acceptors (Lipinski definition) is 3. The second-order valence-electron chi connectivity index (χ2n) is 9.66. The Labute approximate surface area is 220 Å². The second kappa shape index (κ2) is 9.87. The standard InChI is InChI=1S/C30H27ClN4O2/c31-24-14-12-22(13-15-24)27-18-28-34(29(36)16-17-35(28)33-27)19-20-8-10-23(11-9-20)30(37)32-26-7-3-5-21-4-1-2-6-25(21)26/h1-2,4,6,8-15,18,26H,3,5,7,16-17,19H2,(H,32,37). The van der Waals surface area contributed by atoms with Crippen LogP contribution in [0.1, 0.15) is 52.4 Å². The monoisotopic (exact) mass is 510 g/mol. The van der Waals surface area contributed by atoms with Gasteiger partial charge >= 0.3 is 0 Å². The van der Waals surface area contributed by atoms with E-state index in [-0.39, 0.29) is 17.9 Å². The first-order valence-corrected chi connectivity index (χ1v) is 13.0. The zero-order chi connectivity index (χ0) is 25.4. The Morgan fingerprint density at radius 2 is 1.78 bits per heavy atom. The van der Waals surface area contributed by atoms with E-state index >= 15 is 0 Å². The zero-order valence-corrected chi connectivity index (χ0v) is 21.1. The number of benzene rings is 3. The average Bonchev–Trinajstić information content (AvgIpc) is 3.36. The van der Waals surface area contributed by atoms with Gasteiger partial charge in [0.15, 0.2) is 0 Å². The lowest BCUT2D eigenvalue weighted by molar-refractivity contribution is -0.119. The number of aryl methyl sites for hydroxylation is 2. The maximum absolute atomic E-state index is 13.0. The molecule has 6 rings (SSSR count). The Balaban J connectivity index is 1.17. The molecule has 0 fully saturated rings. The molecular formula is C30H27ClN4O2. The molecule has 186 valence electrons. The minimum Gasteiger partial charge on any atom is -0.345 e. The number of carbonyl (C=O) groups is 2. The lowest BCUT2D eigenvalue weighted by Gasteiger charge is -2.27. The first-order chi connectivity index (χ1) is 18.0. The summed E-state index contributed by atoms with van der Waals surface area (Å²) in [6, 6.07) is 25.4. The molecule has 1 unspecified atom stereocenters. The molecule has 0 saturated heterocycles. The quantitative estimate of drug-likeness (QED) is 0.361. The van der Waals surface area contributed by atoms with Gasteiger partial charge in [0.25, 0.3) is 5.91 Å². The van der Waals surface area contributed by atoms with Crippen molar-refractivity contribution in [3.05, 3.63) is 106 Å². The predicted octanol–water partition coefficient (Wildman–Crippen LogP) is 5.95. The van der Waals surface area contributed by atoms with Crippen LogP contribution >= 0.6 is 11.6 Å². The van der Waals surface area contributed by atoms with Crippen LogP contribution in [0.5, 0.6) is 0 Å². The zero-order valence-electron chi connectivity index (χ0n) is 20.4. The van der Waals surface area contributed by atoms with Crippen molar-refractivity contribution in [2.24, 2.45) is 0 Å². The van der Waals surface area contributed by atoms with Crippen LogP contribution in [0.25, 0.3) is 11.3 Å². The number of amides is 2. The fourth-order valence-corrected chi connectivity index (χ4v) is 5.40. The minimum absolute atomic E-state index is 0.0400. The van der Waals surface area contributed by atoms with Gasteiger partial charge in [-0.05, 0) is 60.2 Å². The van der Waals surface area contributed by atoms with Crippen LogP contribution in [0.4, 0.5) is 5.82 Å². The highest BCUT2D eigenvalue weighted by molar-refractivity contribution is 6.30. The molecule has 6 nitrogen and oxygen atoms in total. The van der Waals surface area contributed by atoms with E-state index < -0.39 is 0 Å². The van der Waals surface area contributed by atoms with E-state index in [1.807, 2.05) is 65.3 Å². The van der Waals surface area contributed by atoms with Crippen molar-refractivity contribution >= 4 is 29.2 Å². The number of rotatable bonds is 5. The molecule has 7 heteroatoms. The van der Waals surface area contributed by atoms with Gasteiger partial charge in [-0.2, -0.15) is 5.10 Å². The third-order valence-corrected chi connectivity index (χ3v) is 7.50. The Kier molecular flexibility index (Phi) is 6.26. The van der Waals surface area contributed by atoms with Gasteiger partial charge < -0.3 is 5.32 Å². The molecule has 1 N–H and O–H groups in total. The summed E-state index contributed by atoms with van der Waals surface area (Å²) in [6.07, 6.45) is 3.48. The van der Waals surface area contributed by atoms with E-state index in [0.717, 1.165) is 41.9 Å². The van der Waals surface area contributed by atoms with Crippen LogP contribution in [0.15, 0.2) is 78.9 Å². The summed E-state index contributed by atoms with van der Waals surface area (Å²) in [5.41, 5.74) is 5.87. The molecule has 1 aliphatic carbocycles. The third kappa shape index (κ3) is 4.77. The van der Waals surface area contributed by atoms with E-state index in [0.29, 0.717) is 30.1 Å². The van der Waals surface area contributed by atoms with Crippen molar-refractivity contribution in [2.45, 2.75) is 44.8 Å². The number of halogens is 1. The summed E-state index contributed by atoms with van der Waals surface area (Å²) in [5, 5.41) is 8.59. The maximum atomic E-state index is 13.0. The number of fused-ring (bicyclic) bond motifs is 2. The van der Waals surface area contributed by atoms with Gasteiger partial charge in [0.05, 0.1) is 24.8 Å². The van der Waals surface area contributed by atoms with Crippen LogP contribution < -0.4 is 10.2 Å². The number of hydrogen-bond donors (Lipinski definition) is 1. The van der Waals surface area contributed by atoms with Crippen molar-refractivity contribution in [1.29, 1.82) is 0 Å². The number of nitrogens with one attached hydrogen (secondary N) is 1. The Hall–Kier alpha value is -3.90. The molecule has 0 spiro atoms. The fraction of sp³-hybridized carbons (Fsp3) is 0.233. The molecular weight excluding hydrogens is 484 g/mol. The van der Waals surface area contributed by atoms with Gasteiger partial charge in [-0.25, -0.2) is 4.68 Å². The van der Waals surface area contributed by atoms with Gasteiger partial charge in [-0.3, -0.25) is 14.5 Å². The molecule has 1 aromatic heterocycles. The van der Waals surface area contributed by atoms with Gasteiger partial charge in [0.2, 0.25) is 5.91 Å². The summed E-state index contributed by atoms with van der Waals surface area (Å²) in [6.45, 7) is 0.976. The smallest absolute Gasteiger partial charge is 0.251 e. The highest BCUT2D eigenvalue weighted by Crippen LogP contribution is 2.31. The number of carbonyl (C=O) groups excluding carboxylic acids is 2. The molecule has 3 aromatic carbocycles. The SMILES string of the molecule is O=C(NC1CCCc2ccccc21)c1ccc(CN2C(=O)CCn3nc(-c4ccc(Cl)cc4)cc32)cc1. The summed E-state index contributed by atoms with van der Waals surface area (Å²) >= 11 is 6.03. The molecule has 37 heavy (non-hydrogen) atoms. The predicted molar refractivity (Wildman–Crippen MR) is 145 cm³/mol. The van der Waals surface area contributed by atoms with Crippen LogP contribution in [-0.2, 0) is 24.3 Å². The van der Waals surface area contributed by atoms with Crippen molar-refractivity contribution in [3.63, 3.8) is 0 Å². The van der Waals surface area contributed by atoms with Crippen molar-refractivity contribution < 1.29 is 9.59 Å². The number of nitrogens with zero attached hydrogens (tertiary/aromatic N) is 3. The molecule has 1 aliphatic heterocycles. The lowest BCUT2D eigenvalue weighted by atomic mass is 9.87. The molecule has 2 heterocycles. The van der Waals surface area contributed by atoms with Gasteiger partial charge in [-0.1, -0.05) is 60.1 Å². The second-order valence-corrected chi connectivity index (χ2v) is 10.1. The lowest BCUT2D eigenvalue weighted by Crippen LogP contribution is -2.37. The van der Waals surface area contributed by atoms with Crippen molar-refractivity contribution in [2.75, 3.05) is 4.90 Å². The molecule has 0 bridgehead atoms. The first-order valence-electron chi connectivity index (χ1n) is 12.7. The van der Waals surface area contributed by atoms with E-state index in [4.69, 9.17) is 16.7 Å². The largest absolute Gasteiger partial charge is 0.345 e.